The molecule has 0 atom stereocenters. The van der Waals surface area contributed by atoms with Gasteiger partial charge in [0, 0.05) is 10.9 Å². The fourth-order valence-corrected chi connectivity index (χ4v) is 2.58. The van der Waals surface area contributed by atoms with E-state index in [0.717, 1.165) is 16.6 Å². The lowest BCUT2D eigenvalue weighted by Gasteiger charge is -2.01. The Morgan fingerprint density at radius 1 is 1.09 bits per heavy atom. The molecule has 0 unspecified atom stereocenters. The van der Waals surface area contributed by atoms with Crippen molar-refractivity contribution >= 4 is 32.8 Å². The Kier molecular flexibility index (Phi) is 3.66. The second-order valence-electron chi connectivity index (χ2n) is 4.75. The number of para-hydroxylation sites is 1. The Bertz CT molecular complexity index is 895. The van der Waals surface area contributed by atoms with Crippen LogP contribution >= 0.6 is 0 Å². The number of anilines is 1. The molecule has 1 aromatic heterocycles. The molecule has 6 nitrogen and oxygen atoms in total. The lowest BCUT2D eigenvalue weighted by molar-refractivity contribution is 0.598. The number of nitrogens with two attached hydrogens (primary N) is 1. The van der Waals surface area contributed by atoms with Crippen LogP contribution in [0.4, 0.5) is 5.69 Å². The molecular formula is C15H14N4O2S. The molecule has 3 aromatic rings. The SMILES string of the molecule is NS(=O)(=O)c1ccc(N/N=C/c2cc3ccccc3[nH]2)cc1. The molecule has 0 saturated carbocycles. The van der Waals surface area contributed by atoms with Crippen molar-refractivity contribution in [2.24, 2.45) is 10.2 Å². The highest BCUT2D eigenvalue weighted by atomic mass is 32.2. The predicted molar refractivity (Wildman–Crippen MR) is 87.3 cm³/mol. The maximum Gasteiger partial charge on any atom is 0.238 e. The number of hydrogen-bond donors (Lipinski definition) is 3. The summed E-state index contributed by atoms with van der Waals surface area (Å²) in [4.78, 5) is 3.29. The topological polar surface area (TPSA) is 100 Å². The molecule has 0 radical (unpaired) electrons. The van der Waals surface area contributed by atoms with Crippen molar-refractivity contribution in [3.63, 3.8) is 0 Å². The molecule has 0 amide bonds. The summed E-state index contributed by atoms with van der Waals surface area (Å²) < 4.78 is 22.3. The van der Waals surface area contributed by atoms with E-state index < -0.39 is 10.0 Å². The first kappa shape index (κ1) is 14.3. The maximum atomic E-state index is 11.2. The molecular weight excluding hydrogens is 300 g/mol. The van der Waals surface area contributed by atoms with E-state index in [4.69, 9.17) is 5.14 Å². The zero-order chi connectivity index (χ0) is 15.6. The molecule has 22 heavy (non-hydrogen) atoms. The number of nitrogens with one attached hydrogen (secondary N) is 2. The van der Waals surface area contributed by atoms with Crippen molar-refractivity contribution < 1.29 is 8.42 Å². The van der Waals surface area contributed by atoms with Crippen LogP contribution in [-0.4, -0.2) is 19.6 Å². The van der Waals surface area contributed by atoms with Gasteiger partial charge in [-0.15, -0.1) is 0 Å². The van der Waals surface area contributed by atoms with Gasteiger partial charge in [0.05, 0.1) is 22.5 Å². The largest absolute Gasteiger partial charge is 0.354 e. The second kappa shape index (κ2) is 5.63. The third-order valence-corrected chi connectivity index (χ3v) is 4.06. The molecule has 0 spiro atoms. The van der Waals surface area contributed by atoms with Crippen LogP contribution in [0.3, 0.4) is 0 Å². The van der Waals surface area contributed by atoms with Crippen LogP contribution < -0.4 is 10.6 Å². The van der Waals surface area contributed by atoms with Crippen LogP contribution in [0.5, 0.6) is 0 Å². The average Bonchev–Trinajstić information content (AvgIpc) is 2.89. The summed E-state index contributed by atoms with van der Waals surface area (Å²) in [7, 11) is -3.67. The van der Waals surface area contributed by atoms with Gasteiger partial charge in [-0.2, -0.15) is 5.10 Å². The number of aromatic nitrogens is 1. The Balaban J connectivity index is 1.71. The molecule has 0 fully saturated rings. The highest BCUT2D eigenvalue weighted by Crippen LogP contribution is 2.14. The minimum Gasteiger partial charge on any atom is -0.354 e. The van der Waals surface area contributed by atoms with E-state index in [2.05, 4.69) is 15.5 Å². The number of nitrogens with zero attached hydrogens (tertiary/aromatic N) is 1. The number of hydrazone groups is 1. The van der Waals surface area contributed by atoms with E-state index in [1.807, 2.05) is 30.3 Å². The zero-order valence-corrected chi connectivity index (χ0v) is 12.3. The summed E-state index contributed by atoms with van der Waals surface area (Å²) in [5.74, 6) is 0. The highest BCUT2D eigenvalue weighted by molar-refractivity contribution is 7.89. The lowest BCUT2D eigenvalue weighted by Crippen LogP contribution is -2.11. The van der Waals surface area contributed by atoms with Crippen molar-refractivity contribution in [1.29, 1.82) is 0 Å². The molecule has 0 aliphatic carbocycles. The summed E-state index contributed by atoms with van der Waals surface area (Å²) in [6.45, 7) is 0. The number of H-pyrrole nitrogens is 1. The number of sulfonamides is 1. The van der Waals surface area contributed by atoms with Crippen LogP contribution in [0.25, 0.3) is 10.9 Å². The standard InChI is InChI=1S/C15H14N4O2S/c16-22(20,21)14-7-5-12(6-8-14)19-17-10-13-9-11-3-1-2-4-15(11)18-13/h1-10,18-19H,(H2,16,20,21)/b17-10+. The molecule has 0 saturated heterocycles. The van der Waals surface area contributed by atoms with Gasteiger partial charge in [0.1, 0.15) is 0 Å². The summed E-state index contributed by atoms with van der Waals surface area (Å²) >= 11 is 0. The first-order valence-electron chi connectivity index (χ1n) is 6.52. The van der Waals surface area contributed by atoms with Gasteiger partial charge in [-0.3, -0.25) is 5.43 Å². The Labute approximate surface area is 127 Å². The summed E-state index contributed by atoms with van der Waals surface area (Å²) in [6, 6.07) is 16.0. The van der Waals surface area contributed by atoms with E-state index in [-0.39, 0.29) is 4.90 Å². The van der Waals surface area contributed by atoms with E-state index in [9.17, 15) is 8.42 Å². The molecule has 0 aliphatic rings. The molecule has 112 valence electrons. The monoisotopic (exact) mass is 314 g/mol. The predicted octanol–water partition coefficient (Wildman–Crippen LogP) is 2.26. The number of rotatable bonds is 4. The summed E-state index contributed by atoms with van der Waals surface area (Å²) in [5.41, 5.74) is 5.41. The molecule has 0 bridgehead atoms. The van der Waals surface area contributed by atoms with Gasteiger partial charge in [-0.05, 0) is 36.4 Å². The first-order valence-corrected chi connectivity index (χ1v) is 8.07. The Morgan fingerprint density at radius 2 is 1.82 bits per heavy atom. The van der Waals surface area contributed by atoms with Crippen LogP contribution in [0, 0.1) is 0 Å². The number of aromatic amines is 1. The fourth-order valence-electron chi connectivity index (χ4n) is 2.06. The fraction of sp³-hybridized carbons (Fsp3) is 0. The zero-order valence-electron chi connectivity index (χ0n) is 11.5. The van der Waals surface area contributed by atoms with E-state index >= 15 is 0 Å². The van der Waals surface area contributed by atoms with Gasteiger partial charge in [-0.25, -0.2) is 13.6 Å². The van der Waals surface area contributed by atoms with E-state index in [0.29, 0.717) is 5.69 Å². The van der Waals surface area contributed by atoms with E-state index in [1.165, 1.54) is 12.1 Å². The average molecular weight is 314 g/mol. The van der Waals surface area contributed by atoms with Crippen molar-refractivity contribution in [3.8, 4) is 0 Å². The van der Waals surface area contributed by atoms with Gasteiger partial charge in [0.25, 0.3) is 0 Å². The quantitative estimate of drug-likeness (QED) is 0.508. The molecule has 0 aliphatic heterocycles. The third-order valence-electron chi connectivity index (χ3n) is 3.13. The van der Waals surface area contributed by atoms with Crippen LogP contribution in [0.15, 0.2) is 64.6 Å². The molecule has 7 heteroatoms. The van der Waals surface area contributed by atoms with Gasteiger partial charge >= 0.3 is 0 Å². The number of benzene rings is 2. The molecule has 4 N–H and O–H groups in total. The van der Waals surface area contributed by atoms with Gasteiger partial charge in [0.15, 0.2) is 0 Å². The highest BCUT2D eigenvalue weighted by Gasteiger charge is 2.06. The van der Waals surface area contributed by atoms with Gasteiger partial charge in [-0.1, -0.05) is 18.2 Å². The van der Waals surface area contributed by atoms with Crippen LogP contribution in [0.1, 0.15) is 5.69 Å². The van der Waals surface area contributed by atoms with Crippen molar-refractivity contribution in [2.75, 3.05) is 5.43 Å². The minimum atomic E-state index is -3.67. The number of primary sulfonamides is 1. The van der Waals surface area contributed by atoms with E-state index in [1.54, 1.807) is 18.3 Å². The van der Waals surface area contributed by atoms with Crippen LogP contribution in [0.2, 0.25) is 0 Å². The normalized spacial score (nSPS) is 12.0. The van der Waals surface area contributed by atoms with Gasteiger partial charge < -0.3 is 4.98 Å². The molecule has 2 aromatic carbocycles. The number of fused-ring (bicyclic) bond motifs is 1. The third kappa shape index (κ3) is 3.16. The van der Waals surface area contributed by atoms with Crippen molar-refractivity contribution in [2.45, 2.75) is 4.90 Å². The lowest BCUT2D eigenvalue weighted by atomic mass is 10.2. The molecule has 1 heterocycles. The smallest absolute Gasteiger partial charge is 0.238 e. The minimum absolute atomic E-state index is 0.0673. The molecule has 3 rings (SSSR count). The first-order chi connectivity index (χ1) is 10.5. The van der Waals surface area contributed by atoms with Crippen molar-refractivity contribution in [3.05, 3.63) is 60.3 Å². The summed E-state index contributed by atoms with van der Waals surface area (Å²) in [6.07, 6.45) is 1.66. The second-order valence-corrected chi connectivity index (χ2v) is 6.31. The van der Waals surface area contributed by atoms with Crippen LogP contribution in [-0.2, 0) is 10.0 Å². The summed E-state index contributed by atoms with van der Waals surface area (Å²) in [5, 5.41) is 10.3. The Morgan fingerprint density at radius 3 is 2.50 bits per heavy atom. The maximum absolute atomic E-state index is 11.2. The Hall–Kier alpha value is -2.64. The number of hydrogen-bond acceptors (Lipinski definition) is 4. The van der Waals surface area contributed by atoms with Crippen molar-refractivity contribution in [1.82, 2.24) is 4.98 Å². The van der Waals surface area contributed by atoms with Gasteiger partial charge in [0.2, 0.25) is 10.0 Å².